The lowest BCUT2D eigenvalue weighted by molar-refractivity contribution is -0.115. The molecule has 3 heterocycles. The number of hydrogen-bond acceptors (Lipinski definition) is 5. The highest BCUT2D eigenvalue weighted by Gasteiger charge is 2.28. The van der Waals surface area contributed by atoms with Gasteiger partial charge in [-0.2, -0.15) is 5.10 Å². The Morgan fingerprint density at radius 2 is 2.44 bits per heavy atom. The summed E-state index contributed by atoms with van der Waals surface area (Å²) in [7, 11) is 0. The number of rotatable bonds is 1. The quantitative estimate of drug-likeness (QED) is 0.811. The molecular formula is C9H8N4OS2. The minimum atomic E-state index is -0.221. The van der Waals surface area contributed by atoms with Crippen LogP contribution in [0.15, 0.2) is 17.8 Å². The van der Waals surface area contributed by atoms with Crippen LogP contribution in [-0.2, 0) is 10.5 Å². The Kier molecular flexibility index (Phi) is 2.41. The van der Waals surface area contributed by atoms with E-state index in [4.69, 9.17) is 0 Å². The number of nitrogens with one attached hydrogen (secondary N) is 2. The van der Waals surface area contributed by atoms with E-state index in [9.17, 15) is 4.79 Å². The van der Waals surface area contributed by atoms with E-state index < -0.39 is 0 Å². The van der Waals surface area contributed by atoms with Crippen LogP contribution in [-0.4, -0.2) is 21.1 Å². The maximum atomic E-state index is 12.0. The van der Waals surface area contributed by atoms with Crippen molar-refractivity contribution in [3.8, 4) is 0 Å². The molecule has 0 spiro atoms. The summed E-state index contributed by atoms with van der Waals surface area (Å²) in [6.07, 6.45) is 3.46. The monoisotopic (exact) mass is 252 g/mol. The number of H-pyrrole nitrogens is 1. The van der Waals surface area contributed by atoms with Crippen molar-refractivity contribution >= 4 is 34.8 Å². The second-order valence-electron chi connectivity index (χ2n) is 3.32. The molecule has 1 aliphatic heterocycles. The van der Waals surface area contributed by atoms with E-state index in [0.717, 1.165) is 16.3 Å². The molecule has 2 N–H and O–H groups in total. The summed E-state index contributed by atoms with van der Waals surface area (Å²) in [5.74, 6) is 1.42. The average Bonchev–Trinajstić information content (AvgIpc) is 2.89. The first-order valence-electron chi connectivity index (χ1n) is 4.68. The van der Waals surface area contributed by atoms with Crippen LogP contribution in [0.25, 0.3) is 0 Å². The number of aromatic nitrogens is 3. The second-order valence-corrected chi connectivity index (χ2v) is 5.34. The number of hydrogen-bond donors (Lipinski definition) is 2. The number of nitrogens with zero attached hydrogens (tertiary/aromatic N) is 2. The van der Waals surface area contributed by atoms with Crippen molar-refractivity contribution in [2.24, 2.45) is 0 Å². The normalized spacial score (nSPS) is 20.0. The molecule has 5 nitrogen and oxygen atoms in total. The Hall–Kier alpha value is -1.34. The topological polar surface area (TPSA) is 70.7 Å². The van der Waals surface area contributed by atoms with E-state index in [-0.39, 0.29) is 11.2 Å². The number of aromatic amines is 1. The number of thiazole rings is 1. The average molecular weight is 252 g/mol. The van der Waals surface area contributed by atoms with Crippen LogP contribution in [0.2, 0.25) is 0 Å². The first-order valence-corrected chi connectivity index (χ1v) is 6.61. The number of thioether (sulfide) groups is 1. The van der Waals surface area contributed by atoms with Crippen molar-refractivity contribution in [1.29, 1.82) is 0 Å². The lowest BCUT2D eigenvalue weighted by Crippen LogP contribution is -2.17. The predicted octanol–water partition coefficient (Wildman–Crippen LogP) is 1.79. The molecular weight excluding hydrogens is 244 g/mol. The Bertz CT molecular complexity index is 507. The third-order valence-corrected chi connectivity index (χ3v) is 4.52. The van der Waals surface area contributed by atoms with Gasteiger partial charge in [0.1, 0.15) is 16.1 Å². The fraction of sp³-hybridized carbons (Fsp3) is 0.222. The highest BCUT2D eigenvalue weighted by molar-refractivity contribution is 7.99. The van der Waals surface area contributed by atoms with Crippen LogP contribution in [0.3, 0.4) is 0 Å². The van der Waals surface area contributed by atoms with Gasteiger partial charge in [-0.15, -0.1) is 23.1 Å². The fourth-order valence-corrected chi connectivity index (χ4v) is 3.48. The lowest BCUT2D eigenvalue weighted by Gasteiger charge is -2.08. The smallest absolute Gasteiger partial charge is 0.245 e. The number of amides is 1. The summed E-state index contributed by atoms with van der Waals surface area (Å²) < 4.78 is 0. The zero-order valence-corrected chi connectivity index (χ0v) is 9.77. The SMILES string of the molecule is O=C1Nc2[nH]ncc2CSC1c1nccs1. The minimum Gasteiger partial charge on any atom is -0.309 e. The second kappa shape index (κ2) is 3.91. The standard InChI is InChI=1S/C9H8N4OS2/c14-8-6(9-10-1-2-15-9)16-4-5-3-11-13-7(5)12-8/h1-3,6H,4H2,(H2,11,12,13,14). The van der Waals surface area contributed by atoms with Crippen molar-refractivity contribution in [2.45, 2.75) is 11.0 Å². The number of carbonyl (C=O) groups excluding carboxylic acids is 1. The van der Waals surface area contributed by atoms with Gasteiger partial charge in [-0.05, 0) is 0 Å². The maximum absolute atomic E-state index is 12.0. The molecule has 2 aromatic heterocycles. The molecule has 3 rings (SSSR count). The van der Waals surface area contributed by atoms with Crippen molar-refractivity contribution in [2.75, 3.05) is 5.32 Å². The van der Waals surface area contributed by atoms with Crippen LogP contribution in [0.1, 0.15) is 15.8 Å². The van der Waals surface area contributed by atoms with E-state index in [1.807, 2.05) is 5.38 Å². The summed E-state index contributed by atoms with van der Waals surface area (Å²) in [5.41, 5.74) is 1.03. The Morgan fingerprint density at radius 3 is 3.25 bits per heavy atom. The van der Waals surface area contributed by atoms with E-state index in [0.29, 0.717) is 5.82 Å². The molecule has 0 radical (unpaired) electrons. The molecule has 1 aliphatic rings. The third-order valence-electron chi connectivity index (χ3n) is 2.29. The molecule has 1 amide bonds. The highest BCUT2D eigenvalue weighted by Crippen LogP contribution is 2.37. The van der Waals surface area contributed by atoms with Gasteiger partial charge >= 0.3 is 0 Å². The molecule has 0 bridgehead atoms. The minimum absolute atomic E-state index is 0.0389. The molecule has 0 saturated carbocycles. The summed E-state index contributed by atoms with van der Waals surface area (Å²) in [5, 5.41) is 12.0. The van der Waals surface area contributed by atoms with Crippen molar-refractivity contribution in [3.63, 3.8) is 0 Å². The summed E-state index contributed by atoms with van der Waals surface area (Å²) in [4.78, 5) is 16.2. The third kappa shape index (κ3) is 1.61. The number of anilines is 1. The van der Waals surface area contributed by atoms with Gasteiger partial charge in [-0.3, -0.25) is 9.89 Å². The fourth-order valence-electron chi connectivity index (χ4n) is 1.51. The molecule has 16 heavy (non-hydrogen) atoms. The van der Waals surface area contributed by atoms with E-state index in [2.05, 4.69) is 20.5 Å². The van der Waals surface area contributed by atoms with Gasteiger partial charge in [0, 0.05) is 22.9 Å². The molecule has 0 aromatic carbocycles. The largest absolute Gasteiger partial charge is 0.309 e. The van der Waals surface area contributed by atoms with Crippen LogP contribution in [0, 0.1) is 0 Å². The maximum Gasteiger partial charge on any atom is 0.245 e. The molecule has 1 unspecified atom stereocenters. The molecule has 0 saturated heterocycles. The summed E-state index contributed by atoms with van der Waals surface area (Å²) in [6.45, 7) is 0. The van der Waals surface area contributed by atoms with Gasteiger partial charge in [0.2, 0.25) is 5.91 Å². The Balaban J connectivity index is 1.91. The van der Waals surface area contributed by atoms with E-state index in [1.54, 1.807) is 24.2 Å². The van der Waals surface area contributed by atoms with Crippen molar-refractivity contribution in [1.82, 2.24) is 15.2 Å². The Morgan fingerprint density at radius 1 is 1.50 bits per heavy atom. The molecule has 82 valence electrons. The predicted molar refractivity (Wildman–Crippen MR) is 63.4 cm³/mol. The number of carbonyl (C=O) groups is 1. The summed E-state index contributed by atoms with van der Waals surface area (Å²) in [6, 6.07) is 0. The zero-order chi connectivity index (χ0) is 11.0. The van der Waals surface area contributed by atoms with Crippen LogP contribution in [0.5, 0.6) is 0 Å². The first-order chi connectivity index (χ1) is 7.84. The van der Waals surface area contributed by atoms with Gasteiger partial charge in [0.25, 0.3) is 0 Å². The van der Waals surface area contributed by atoms with Gasteiger partial charge < -0.3 is 5.32 Å². The summed E-state index contributed by atoms with van der Waals surface area (Å²) >= 11 is 3.08. The van der Waals surface area contributed by atoms with Crippen molar-refractivity contribution in [3.05, 3.63) is 28.3 Å². The van der Waals surface area contributed by atoms with E-state index in [1.165, 1.54) is 11.3 Å². The molecule has 0 fully saturated rings. The van der Waals surface area contributed by atoms with Gasteiger partial charge in [0.05, 0.1) is 6.20 Å². The van der Waals surface area contributed by atoms with Crippen LogP contribution < -0.4 is 5.32 Å². The van der Waals surface area contributed by atoms with E-state index >= 15 is 0 Å². The first kappa shape index (κ1) is 9.86. The van der Waals surface area contributed by atoms with Crippen molar-refractivity contribution < 1.29 is 4.79 Å². The zero-order valence-electron chi connectivity index (χ0n) is 8.14. The van der Waals surface area contributed by atoms with Crippen LogP contribution in [0.4, 0.5) is 5.82 Å². The molecule has 7 heteroatoms. The Labute approximate surface area is 99.7 Å². The number of fused-ring (bicyclic) bond motifs is 1. The van der Waals surface area contributed by atoms with Gasteiger partial charge in [-0.1, -0.05) is 0 Å². The highest BCUT2D eigenvalue weighted by atomic mass is 32.2. The molecule has 0 aliphatic carbocycles. The lowest BCUT2D eigenvalue weighted by atomic mass is 10.3. The van der Waals surface area contributed by atoms with Crippen LogP contribution >= 0.6 is 23.1 Å². The molecule has 2 aromatic rings. The van der Waals surface area contributed by atoms with Gasteiger partial charge in [-0.25, -0.2) is 4.98 Å². The molecule has 1 atom stereocenters. The van der Waals surface area contributed by atoms with Gasteiger partial charge in [0.15, 0.2) is 0 Å².